The average molecular weight is 654 g/mol. The fourth-order valence-electron chi connectivity index (χ4n) is 3.85. The third-order valence-electron chi connectivity index (χ3n) is 5.58. The maximum absolute atomic E-state index is 12.6. The second-order valence-electron chi connectivity index (χ2n) is 8.04. The van der Waals surface area contributed by atoms with Crippen LogP contribution in [0, 0.1) is 3.57 Å². The monoisotopic (exact) mass is 653 g/mol. The van der Waals surface area contributed by atoms with Crippen molar-refractivity contribution in [2.24, 2.45) is 4.99 Å². The predicted octanol–water partition coefficient (Wildman–Crippen LogP) is 7.53. The van der Waals surface area contributed by atoms with Crippen molar-refractivity contribution < 1.29 is 19.0 Å². The molecule has 5 rings (SSSR count). The Labute approximate surface area is 231 Å². The first-order chi connectivity index (χ1) is 17.5. The van der Waals surface area contributed by atoms with Crippen LogP contribution < -0.4 is 9.47 Å². The van der Waals surface area contributed by atoms with E-state index in [0.29, 0.717) is 30.6 Å². The summed E-state index contributed by atoms with van der Waals surface area (Å²) in [5, 5.41) is 2.16. The minimum absolute atomic E-state index is 0.222. The van der Waals surface area contributed by atoms with Crippen LogP contribution in [0.15, 0.2) is 94.0 Å². The number of aliphatic imine (C=N–C) groups is 1. The number of ether oxygens (including phenoxy) is 3. The zero-order chi connectivity index (χ0) is 25.1. The molecule has 0 atom stereocenters. The largest absolute Gasteiger partial charge is 0.490 e. The number of esters is 1. The number of carbonyl (C=O) groups excluding carboxylic acids is 1. The van der Waals surface area contributed by atoms with E-state index in [1.165, 1.54) is 0 Å². The molecule has 1 aliphatic heterocycles. The summed E-state index contributed by atoms with van der Waals surface area (Å²) in [6, 6.07) is 25.6. The summed E-state index contributed by atoms with van der Waals surface area (Å²) < 4.78 is 19.3. The third kappa shape index (κ3) is 5.32. The van der Waals surface area contributed by atoms with Gasteiger partial charge in [0.25, 0.3) is 0 Å². The van der Waals surface area contributed by atoms with Crippen LogP contribution in [0.4, 0.5) is 0 Å². The van der Waals surface area contributed by atoms with E-state index >= 15 is 0 Å². The normalized spacial score (nSPS) is 14.1. The van der Waals surface area contributed by atoms with Crippen LogP contribution in [0.1, 0.15) is 23.6 Å². The van der Waals surface area contributed by atoms with Crippen molar-refractivity contribution in [3.05, 3.63) is 109 Å². The summed E-state index contributed by atoms with van der Waals surface area (Å²) in [5.41, 5.74) is 2.80. The molecule has 0 radical (unpaired) electrons. The van der Waals surface area contributed by atoms with Gasteiger partial charge >= 0.3 is 5.97 Å². The van der Waals surface area contributed by atoms with E-state index in [4.69, 9.17) is 14.2 Å². The SMILES string of the molecule is CCOc1cc(/C=C2\N=C(c3ccc4ccccc4c3)OC2=O)cc(Br)c1OCc1ccccc1I. The lowest BCUT2D eigenvalue weighted by Gasteiger charge is -2.15. The third-order valence-corrected chi connectivity index (χ3v) is 7.22. The van der Waals surface area contributed by atoms with Gasteiger partial charge in [-0.3, -0.25) is 0 Å². The van der Waals surface area contributed by atoms with Gasteiger partial charge in [-0.25, -0.2) is 9.79 Å². The highest BCUT2D eigenvalue weighted by Gasteiger charge is 2.25. The molecule has 0 N–H and O–H groups in total. The molecule has 0 bridgehead atoms. The molecule has 0 aliphatic carbocycles. The second kappa shape index (κ2) is 10.8. The zero-order valence-corrected chi connectivity index (χ0v) is 23.1. The molecular formula is C29H21BrINO4. The minimum Gasteiger partial charge on any atom is -0.490 e. The fourth-order valence-corrected chi connectivity index (χ4v) is 4.97. The lowest BCUT2D eigenvalue weighted by Crippen LogP contribution is -2.05. The molecule has 1 heterocycles. The number of hydrogen-bond donors (Lipinski definition) is 0. The van der Waals surface area contributed by atoms with E-state index in [1.807, 2.05) is 85.8 Å². The van der Waals surface area contributed by atoms with Crippen LogP contribution in [-0.4, -0.2) is 18.5 Å². The van der Waals surface area contributed by atoms with Gasteiger partial charge in [-0.2, -0.15) is 0 Å². The molecule has 7 heteroatoms. The van der Waals surface area contributed by atoms with Gasteiger partial charge in [0.15, 0.2) is 17.2 Å². The quantitative estimate of drug-likeness (QED) is 0.118. The van der Waals surface area contributed by atoms with E-state index in [0.717, 1.165) is 35.5 Å². The number of carbonyl (C=O) groups is 1. The van der Waals surface area contributed by atoms with Gasteiger partial charge in [-0.05, 0) is 98.2 Å². The molecule has 0 saturated carbocycles. The van der Waals surface area contributed by atoms with Crippen molar-refractivity contribution in [1.82, 2.24) is 0 Å². The number of fused-ring (bicyclic) bond motifs is 1. The summed E-state index contributed by atoms with van der Waals surface area (Å²) in [6.45, 7) is 2.79. The van der Waals surface area contributed by atoms with Crippen LogP contribution in [0.3, 0.4) is 0 Å². The second-order valence-corrected chi connectivity index (χ2v) is 10.1. The number of rotatable bonds is 7. The molecule has 4 aromatic carbocycles. The summed E-state index contributed by atoms with van der Waals surface area (Å²) in [5.74, 6) is 0.979. The molecule has 0 saturated heterocycles. The summed E-state index contributed by atoms with van der Waals surface area (Å²) in [4.78, 5) is 17.1. The Hall–Kier alpha value is -3.17. The molecule has 4 aromatic rings. The Bertz CT molecular complexity index is 1530. The molecule has 0 aromatic heterocycles. The van der Waals surface area contributed by atoms with E-state index in [-0.39, 0.29) is 5.70 Å². The van der Waals surface area contributed by atoms with E-state index in [2.05, 4.69) is 43.5 Å². The van der Waals surface area contributed by atoms with Crippen LogP contribution >= 0.6 is 38.5 Å². The number of halogens is 2. The first-order valence-electron chi connectivity index (χ1n) is 11.4. The van der Waals surface area contributed by atoms with Crippen molar-refractivity contribution in [1.29, 1.82) is 0 Å². The van der Waals surface area contributed by atoms with Gasteiger partial charge in [0, 0.05) is 14.7 Å². The van der Waals surface area contributed by atoms with Gasteiger partial charge in [0.05, 0.1) is 11.1 Å². The number of benzene rings is 4. The van der Waals surface area contributed by atoms with Gasteiger partial charge in [0.2, 0.25) is 5.90 Å². The van der Waals surface area contributed by atoms with E-state index in [9.17, 15) is 4.79 Å². The van der Waals surface area contributed by atoms with E-state index in [1.54, 1.807) is 6.08 Å². The highest BCUT2D eigenvalue weighted by molar-refractivity contribution is 14.1. The molecule has 36 heavy (non-hydrogen) atoms. The maximum atomic E-state index is 12.6. The van der Waals surface area contributed by atoms with Gasteiger partial charge in [-0.15, -0.1) is 0 Å². The highest BCUT2D eigenvalue weighted by Crippen LogP contribution is 2.38. The lowest BCUT2D eigenvalue weighted by atomic mass is 10.1. The molecule has 180 valence electrons. The zero-order valence-electron chi connectivity index (χ0n) is 19.3. The van der Waals surface area contributed by atoms with Crippen molar-refractivity contribution in [2.75, 3.05) is 6.61 Å². The summed E-state index contributed by atoms with van der Waals surface area (Å²) in [6.07, 6.45) is 1.69. The molecule has 0 amide bonds. The Balaban J connectivity index is 1.43. The lowest BCUT2D eigenvalue weighted by molar-refractivity contribution is -0.129. The van der Waals surface area contributed by atoms with Crippen molar-refractivity contribution >= 4 is 67.2 Å². The van der Waals surface area contributed by atoms with Crippen LogP contribution in [-0.2, 0) is 16.1 Å². The molecule has 0 fully saturated rings. The number of cyclic esters (lactones) is 1. The van der Waals surface area contributed by atoms with Gasteiger partial charge in [-0.1, -0.05) is 48.5 Å². The molecule has 0 spiro atoms. The molecule has 1 aliphatic rings. The molecule has 5 nitrogen and oxygen atoms in total. The molecular weight excluding hydrogens is 633 g/mol. The van der Waals surface area contributed by atoms with Crippen LogP contribution in [0.25, 0.3) is 16.8 Å². The Morgan fingerprint density at radius 3 is 2.56 bits per heavy atom. The van der Waals surface area contributed by atoms with E-state index < -0.39 is 5.97 Å². The van der Waals surface area contributed by atoms with Crippen molar-refractivity contribution in [3.63, 3.8) is 0 Å². The highest BCUT2D eigenvalue weighted by atomic mass is 127. The average Bonchev–Trinajstić information content (AvgIpc) is 3.24. The number of nitrogens with zero attached hydrogens (tertiary/aromatic N) is 1. The van der Waals surface area contributed by atoms with Crippen LogP contribution in [0.5, 0.6) is 11.5 Å². The first kappa shape index (κ1) is 24.5. The first-order valence-corrected chi connectivity index (χ1v) is 13.2. The van der Waals surface area contributed by atoms with Crippen LogP contribution in [0.2, 0.25) is 0 Å². The van der Waals surface area contributed by atoms with Gasteiger partial charge < -0.3 is 14.2 Å². The fraction of sp³-hybridized carbons (Fsp3) is 0.103. The Morgan fingerprint density at radius 1 is 0.972 bits per heavy atom. The topological polar surface area (TPSA) is 57.1 Å². The Morgan fingerprint density at radius 2 is 1.75 bits per heavy atom. The van der Waals surface area contributed by atoms with Crippen molar-refractivity contribution in [2.45, 2.75) is 13.5 Å². The predicted molar refractivity (Wildman–Crippen MR) is 153 cm³/mol. The standard InChI is InChI=1S/C29H21BrINO4/c1-2-34-26-15-18(13-23(30)27(26)35-17-22-9-5-6-10-24(22)31)14-25-29(33)36-28(32-25)21-12-11-19-7-3-4-8-20(19)16-21/h3-16H,2,17H2,1H3/b25-14-. The summed E-state index contributed by atoms with van der Waals surface area (Å²) in [7, 11) is 0. The number of hydrogen-bond acceptors (Lipinski definition) is 5. The van der Waals surface area contributed by atoms with Gasteiger partial charge in [0.1, 0.15) is 6.61 Å². The molecule has 0 unspecified atom stereocenters. The minimum atomic E-state index is -0.494. The Kier molecular flexibility index (Phi) is 7.38. The maximum Gasteiger partial charge on any atom is 0.363 e. The van der Waals surface area contributed by atoms with Crippen molar-refractivity contribution in [3.8, 4) is 11.5 Å². The smallest absolute Gasteiger partial charge is 0.363 e. The summed E-state index contributed by atoms with van der Waals surface area (Å²) >= 11 is 5.90.